The number of carbonyl (C=O) groups excluding carboxylic acids is 3. The van der Waals surface area contributed by atoms with Crippen molar-refractivity contribution in [1.82, 2.24) is 10.4 Å². The number of methoxy groups -OCH3 is 1. The van der Waals surface area contributed by atoms with Crippen molar-refractivity contribution < 1.29 is 28.2 Å². The summed E-state index contributed by atoms with van der Waals surface area (Å²) in [7, 11) is 1.22. The fraction of sp³-hybridized carbons (Fsp3) is 0.250. The molecule has 0 heterocycles. The van der Waals surface area contributed by atoms with Gasteiger partial charge in [-0.15, -0.1) is 0 Å². The van der Waals surface area contributed by atoms with Gasteiger partial charge in [0.15, 0.2) is 0 Å². The Morgan fingerprint density at radius 2 is 1.64 bits per heavy atom. The van der Waals surface area contributed by atoms with Crippen LogP contribution in [-0.4, -0.2) is 30.1 Å². The molecule has 0 saturated heterocycles. The average molecular weight is 388 g/mol. The number of halogens is 1. The van der Waals surface area contributed by atoms with E-state index in [4.69, 9.17) is 4.74 Å². The summed E-state index contributed by atoms with van der Waals surface area (Å²) >= 11 is 0. The highest BCUT2D eigenvalue weighted by Gasteiger charge is 2.19. The van der Waals surface area contributed by atoms with Gasteiger partial charge in [-0.05, 0) is 23.3 Å². The molecule has 0 aliphatic carbocycles. The van der Waals surface area contributed by atoms with E-state index in [-0.39, 0.29) is 26.0 Å². The number of rotatable bonds is 7. The van der Waals surface area contributed by atoms with Gasteiger partial charge in [-0.3, -0.25) is 9.59 Å². The summed E-state index contributed by atoms with van der Waals surface area (Å²) in [6.07, 6.45) is -1.11. The molecule has 0 atom stereocenters. The fourth-order valence-electron chi connectivity index (χ4n) is 2.27. The van der Waals surface area contributed by atoms with Crippen LogP contribution in [0.3, 0.4) is 0 Å². The van der Waals surface area contributed by atoms with Crippen LogP contribution in [0, 0.1) is 5.82 Å². The molecule has 2 aromatic rings. The first-order valence-corrected chi connectivity index (χ1v) is 8.57. The third-order valence-corrected chi connectivity index (χ3v) is 3.76. The highest BCUT2D eigenvalue weighted by atomic mass is 19.1. The average Bonchev–Trinajstić information content (AvgIpc) is 2.72. The Labute approximate surface area is 162 Å². The van der Waals surface area contributed by atoms with Gasteiger partial charge in [0.05, 0.1) is 20.1 Å². The maximum atomic E-state index is 13.1. The molecule has 2 rings (SSSR count). The van der Waals surface area contributed by atoms with E-state index in [0.717, 1.165) is 10.6 Å². The summed E-state index contributed by atoms with van der Waals surface area (Å²) in [6.45, 7) is 0.0220. The van der Waals surface area contributed by atoms with Gasteiger partial charge < -0.3 is 9.47 Å². The van der Waals surface area contributed by atoms with Crippen molar-refractivity contribution in [2.75, 3.05) is 7.11 Å². The standard InChI is InChI=1S/C20H21FN2O5/c1-27-19(25)12-11-18(24)23(13-15-7-9-17(21)10-8-15)22-20(26)28-14-16-5-3-2-4-6-16/h2-10H,11-14H2,1H3,(H,22,26). The zero-order chi connectivity index (χ0) is 20.4. The van der Waals surface area contributed by atoms with E-state index in [0.29, 0.717) is 5.56 Å². The van der Waals surface area contributed by atoms with Crippen molar-refractivity contribution in [3.05, 3.63) is 71.5 Å². The minimum atomic E-state index is -0.822. The van der Waals surface area contributed by atoms with Crippen molar-refractivity contribution in [2.24, 2.45) is 0 Å². The normalized spacial score (nSPS) is 10.1. The van der Waals surface area contributed by atoms with Crippen LogP contribution in [0.1, 0.15) is 24.0 Å². The Bertz CT molecular complexity index is 796. The zero-order valence-corrected chi connectivity index (χ0v) is 15.4. The second kappa shape index (κ2) is 10.7. The SMILES string of the molecule is COC(=O)CCC(=O)N(Cc1ccc(F)cc1)NC(=O)OCc1ccccc1. The van der Waals surface area contributed by atoms with Gasteiger partial charge >= 0.3 is 12.1 Å². The first-order chi connectivity index (χ1) is 13.5. The number of hydrogen-bond donors (Lipinski definition) is 1. The van der Waals surface area contributed by atoms with E-state index in [1.165, 1.54) is 31.4 Å². The van der Waals surface area contributed by atoms with Crippen LogP contribution >= 0.6 is 0 Å². The summed E-state index contributed by atoms with van der Waals surface area (Å²) in [5, 5.41) is 1.03. The van der Waals surface area contributed by atoms with Crippen LogP contribution in [-0.2, 0) is 32.2 Å². The first kappa shape index (κ1) is 20.9. The van der Waals surface area contributed by atoms with Gasteiger partial charge in [0.1, 0.15) is 12.4 Å². The molecular weight excluding hydrogens is 367 g/mol. The first-order valence-electron chi connectivity index (χ1n) is 8.57. The van der Waals surface area contributed by atoms with Gasteiger partial charge in [0.25, 0.3) is 0 Å². The van der Waals surface area contributed by atoms with Crippen LogP contribution in [0.4, 0.5) is 9.18 Å². The van der Waals surface area contributed by atoms with Gasteiger partial charge in [-0.25, -0.2) is 19.6 Å². The fourth-order valence-corrected chi connectivity index (χ4v) is 2.27. The summed E-state index contributed by atoms with van der Waals surface area (Å²) in [4.78, 5) is 35.8. The molecule has 1 N–H and O–H groups in total. The topological polar surface area (TPSA) is 84.9 Å². The van der Waals surface area contributed by atoms with E-state index >= 15 is 0 Å². The Hall–Kier alpha value is -3.42. The number of carbonyl (C=O) groups is 3. The maximum absolute atomic E-state index is 13.1. The van der Waals surface area contributed by atoms with Gasteiger partial charge in [-0.1, -0.05) is 42.5 Å². The molecule has 0 aliphatic rings. The lowest BCUT2D eigenvalue weighted by molar-refractivity contribution is -0.144. The van der Waals surface area contributed by atoms with Gasteiger partial charge in [0, 0.05) is 6.42 Å². The Balaban J connectivity index is 1.99. The van der Waals surface area contributed by atoms with E-state index in [1.807, 2.05) is 18.2 Å². The third-order valence-electron chi connectivity index (χ3n) is 3.76. The van der Waals surface area contributed by atoms with E-state index < -0.39 is 23.8 Å². The second-order valence-electron chi connectivity index (χ2n) is 5.86. The molecule has 8 heteroatoms. The lowest BCUT2D eigenvalue weighted by atomic mass is 10.2. The highest BCUT2D eigenvalue weighted by molar-refractivity contribution is 5.82. The van der Waals surface area contributed by atoms with Gasteiger partial charge in [0.2, 0.25) is 5.91 Å². The predicted molar refractivity (Wildman–Crippen MR) is 98.0 cm³/mol. The predicted octanol–water partition coefficient (Wildman–Crippen LogP) is 2.95. The van der Waals surface area contributed by atoms with Crippen molar-refractivity contribution in [3.63, 3.8) is 0 Å². The number of benzene rings is 2. The van der Waals surface area contributed by atoms with Gasteiger partial charge in [-0.2, -0.15) is 0 Å². The van der Waals surface area contributed by atoms with Crippen LogP contribution in [0.5, 0.6) is 0 Å². The van der Waals surface area contributed by atoms with E-state index in [9.17, 15) is 18.8 Å². The molecule has 28 heavy (non-hydrogen) atoms. The number of amides is 2. The molecule has 148 valence electrons. The minimum Gasteiger partial charge on any atom is -0.469 e. The second-order valence-corrected chi connectivity index (χ2v) is 5.86. The Morgan fingerprint density at radius 1 is 0.964 bits per heavy atom. The van der Waals surface area contributed by atoms with E-state index in [2.05, 4.69) is 10.2 Å². The maximum Gasteiger partial charge on any atom is 0.426 e. The zero-order valence-electron chi connectivity index (χ0n) is 15.4. The van der Waals surface area contributed by atoms with Crippen molar-refractivity contribution in [2.45, 2.75) is 26.0 Å². The smallest absolute Gasteiger partial charge is 0.426 e. The summed E-state index contributed by atoms with van der Waals surface area (Å²) in [5.74, 6) is -1.46. The molecule has 7 nitrogen and oxygen atoms in total. The van der Waals surface area contributed by atoms with Crippen LogP contribution in [0.15, 0.2) is 54.6 Å². The number of nitrogens with zero attached hydrogens (tertiary/aromatic N) is 1. The lowest BCUT2D eigenvalue weighted by Gasteiger charge is -2.23. The minimum absolute atomic E-state index is 0.0132. The van der Waals surface area contributed by atoms with Crippen molar-refractivity contribution in [1.29, 1.82) is 0 Å². The molecule has 0 saturated carbocycles. The lowest BCUT2D eigenvalue weighted by Crippen LogP contribution is -2.46. The van der Waals surface area contributed by atoms with Crippen molar-refractivity contribution in [3.8, 4) is 0 Å². The molecule has 0 fully saturated rings. The Morgan fingerprint density at radius 3 is 2.29 bits per heavy atom. The molecular formula is C20H21FN2O5. The molecule has 0 spiro atoms. The summed E-state index contributed by atoms with van der Waals surface area (Å²) in [6, 6.07) is 14.5. The summed E-state index contributed by atoms with van der Waals surface area (Å²) in [5.41, 5.74) is 3.75. The third kappa shape index (κ3) is 7.06. The molecule has 0 aliphatic heterocycles. The molecule has 0 bridgehead atoms. The molecule has 2 amide bonds. The molecule has 0 unspecified atom stereocenters. The monoisotopic (exact) mass is 388 g/mol. The number of hydrazine groups is 1. The highest BCUT2D eigenvalue weighted by Crippen LogP contribution is 2.08. The Kier molecular flexibility index (Phi) is 7.95. The summed E-state index contributed by atoms with van der Waals surface area (Å²) < 4.78 is 22.7. The van der Waals surface area contributed by atoms with Crippen molar-refractivity contribution >= 4 is 18.0 Å². The number of nitrogens with one attached hydrogen (secondary N) is 1. The molecule has 0 radical (unpaired) electrons. The van der Waals surface area contributed by atoms with Crippen LogP contribution < -0.4 is 5.43 Å². The molecule has 2 aromatic carbocycles. The number of esters is 1. The quantitative estimate of drug-likeness (QED) is 0.582. The molecule has 0 aromatic heterocycles. The number of hydrogen-bond acceptors (Lipinski definition) is 5. The van der Waals surface area contributed by atoms with Crippen LogP contribution in [0.2, 0.25) is 0 Å². The van der Waals surface area contributed by atoms with E-state index in [1.54, 1.807) is 12.1 Å². The number of ether oxygens (including phenoxy) is 2. The van der Waals surface area contributed by atoms with Crippen LogP contribution in [0.25, 0.3) is 0 Å². The largest absolute Gasteiger partial charge is 0.469 e.